The van der Waals surface area contributed by atoms with Crippen molar-refractivity contribution in [2.45, 2.75) is 92.9 Å². The van der Waals surface area contributed by atoms with Crippen molar-refractivity contribution in [3.05, 3.63) is 0 Å². The molecule has 144 valence electrons. The first kappa shape index (κ1) is 20.6. The van der Waals surface area contributed by atoms with Crippen molar-refractivity contribution in [2.24, 2.45) is 16.2 Å². The minimum atomic E-state index is -0.314. The van der Waals surface area contributed by atoms with E-state index in [1.54, 1.807) is 0 Å². The second kappa shape index (κ2) is 5.93. The highest BCUT2D eigenvalue weighted by Crippen LogP contribution is 2.82. The summed E-state index contributed by atoms with van der Waals surface area (Å²) >= 11 is 11.4. The zero-order valence-corrected chi connectivity index (χ0v) is 20.9. The van der Waals surface area contributed by atoms with Crippen LogP contribution in [0.3, 0.4) is 0 Å². The lowest BCUT2D eigenvalue weighted by Gasteiger charge is -2.66. The Morgan fingerprint density at radius 1 is 1.04 bits per heavy atom. The molecule has 3 atom stereocenters. The quantitative estimate of drug-likeness (QED) is 0.487. The van der Waals surface area contributed by atoms with Gasteiger partial charge in [-0.15, -0.1) is 0 Å². The monoisotopic (exact) mass is 540 g/mol. The number of carbonyl (C=O) groups excluding carboxylic acids is 1. The Hall–Kier alpha value is 0.870. The molecule has 4 aliphatic rings. The zero-order chi connectivity index (χ0) is 19.1. The van der Waals surface area contributed by atoms with Gasteiger partial charge in [0.25, 0.3) is 0 Å². The smallest absolute Gasteiger partial charge is 0.228 e. The second-order valence-corrected chi connectivity index (χ2v) is 14.2. The van der Waals surface area contributed by atoms with Crippen molar-refractivity contribution in [1.29, 1.82) is 0 Å². The molecule has 6 heteroatoms. The molecule has 0 radical (unpaired) electrons. The zero-order valence-electron chi connectivity index (χ0n) is 16.1. The molecular formula is C19H31Br3N2O. The Balaban J connectivity index is 1.81. The number of rotatable bonds is 3. The van der Waals surface area contributed by atoms with Crippen LogP contribution in [0.2, 0.25) is 0 Å². The maximum Gasteiger partial charge on any atom is 0.228 e. The summed E-state index contributed by atoms with van der Waals surface area (Å²) < 4.78 is 0.215. The Kier molecular flexibility index (Phi) is 4.89. The Morgan fingerprint density at radius 2 is 1.56 bits per heavy atom. The number of alkyl halides is 3. The number of halogens is 3. The number of amides is 1. The van der Waals surface area contributed by atoms with E-state index in [4.69, 9.17) is 0 Å². The number of nitrogens with one attached hydrogen (secondary N) is 2. The molecule has 0 aromatic heterocycles. The topological polar surface area (TPSA) is 41.1 Å². The van der Waals surface area contributed by atoms with Gasteiger partial charge in [-0.25, -0.2) is 0 Å². The number of hydrogen-bond acceptors (Lipinski definition) is 2. The molecule has 0 spiro atoms. The van der Waals surface area contributed by atoms with Gasteiger partial charge in [0.2, 0.25) is 5.91 Å². The lowest BCUT2D eigenvalue weighted by atomic mass is 9.43. The summed E-state index contributed by atoms with van der Waals surface area (Å²) in [5.41, 5.74) is -0.204. The molecule has 0 aromatic rings. The van der Waals surface area contributed by atoms with Gasteiger partial charge in [-0.3, -0.25) is 4.79 Å². The molecule has 1 heterocycles. The molecule has 3 nitrogen and oxygen atoms in total. The van der Waals surface area contributed by atoms with Crippen LogP contribution in [-0.4, -0.2) is 31.6 Å². The predicted molar refractivity (Wildman–Crippen MR) is 115 cm³/mol. The third kappa shape index (κ3) is 2.66. The number of piperidine rings is 1. The van der Waals surface area contributed by atoms with Crippen molar-refractivity contribution in [3.63, 3.8) is 0 Å². The van der Waals surface area contributed by atoms with Crippen molar-refractivity contribution < 1.29 is 4.79 Å². The van der Waals surface area contributed by atoms with Crippen molar-refractivity contribution in [3.8, 4) is 0 Å². The molecule has 25 heavy (non-hydrogen) atoms. The van der Waals surface area contributed by atoms with Crippen LogP contribution in [-0.2, 0) is 4.79 Å². The average Bonchev–Trinajstić information content (AvgIpc) is 2.84. The van der Waals surface area contributed by atoms with E-state index in [1.165, 1.54) is 0 Å². The van der Waals surface area contributed by atoms with Crippen LogP contribution < -0.4 is 10.6 Å². The van der Waals surface area contributed by atoms with Crippen molar-refractivity contribution in [2.75, 3.05) is 0 Å². The van der Waals surface area contributed by atoms with Crippen LogP contribution >= 0.6 is 47.8 Å². The minimum absolute atomic E-state index is 0.0382. The van der Waals surface area contributed by atoms with Crippen LogP contribution in [0.15, 0.2) is 0 Å². The normalized spacial score (nSPS) is 41.4. The van der Waals surface area contributed by atoms with Gasteiger partial charge in [0, 0.05) is 27.4 Å². The van der Waals surface area contributed by atoms with E-state index in [2.05, 4.69) is 100.0 Å². The van der Waals surface area contributed by atoms with Crippen molar-refractivity contribution in [1.82, 2.24) is 10.6 Å². The molecule has 4 fully saturated rings. The SMILES string of the molecule is CC1(C)CC(NC(=O)[C@@]23CC[C@@](C(Br)Br)([C@@H]2Br)C3(C)C)CC(C)(C)N1. The highest BCUT2D eigenvalue weighted by Gasteiger charge is 2.83. The van der Waals surface area contributed by atoms with E-state index in [0.29, 0.717) is 0 Å². The van der Waals surface area contributed by atoms with E-state index < -0.39 is 0 Å². The summed E-state index contributed by atoms with van der Waals surface area (Å²) in [6.45, 7) is 13.4. The van der Waals surface area contributed by atoms with Gasteiger partial charge in [-0.1, -0.05) is 61.6 Å². The number of hydrogen-bond donors (Lipinski definition) is 2. The first-order valence-electron chi connectivity index (χ1n) is 9.24. The van der Waals surface area contributed by atoms with Crippen LogP contribution in [0, 0.1) is 16.2 Å². The lowest BCUT2D eigenvalue weighted by molar-refractivity contribution is -0.162. The van der Waals surface area contributed by atoms with E-state index in [9.17, 15) is 4.79 Å². The van der Waals surface area contributed by atoms with Gasteiger partial charge in [0.15, 0.2) is 0 Å². The van der Waals surface area contributed by atoms with Gasteiger partial charge in [0.05, 0.1) is 9.15 Å². The highest BCUT2D eigenvalue weighted by atomic mass is 79.9. The second-order valence-electron chi connectivity index (χ2n) is 10.3. The minimum Gasteiger partial charge on any atom is -0.353 e. The van der Waals surface area contributed by atoms with Gasteiger partial charge >= 0.3 is 0 Å². The molecule has 3 saturated carbocycles. The number of carbonyl (C=O) groups is 1. The molecule has 1 saturated heterocycles. The average molecular weight is 543 g/mol. The fourth-order valence-corrected chi connectivity index (χ4v) is 11.4. The molecular weight excluding hydrogens is 512 g/mol. The molecule has 2 bridgehead atoms. The third-order valence-corrected chi connectivity index (χ3v) is 10.6. The standard InChI is InChI=1S/C19H31Br3N2O/c1-15(2)9-11(10-16(3,4)24-15)23-14(25)19-8-7-18(12(19)20,13(21)22)17(19,5)6/h11-13,24H,7-10H2,1-6H3,(H,23,25)/t12-,18-,19+/m0/s1. The molecule has 3 aliphatic carbocycles. The van der Waals surface area contributed by atoms with Crippen LogP contribution in [0.25, 0.3) is 0 Å². The van der Waals surface area contributed by atoms with Crippen LogP contribution in [0.5, 0.6) is 0 Å². The molecule has 1 aliphatic heterocycles. The largest absolute Gasteiger partial charge is 0.353 e. The van der Waals surface area contributed by atoms with Crippen LogP contribution in [0.4, 0.5) is 0 Å². The first-order chi connectivity index (χ1) is 11.2. The summed E-state index contributed by atoms with van der Waals surface area (Å²) in [6.07, 6.45) is 3.95. The van der Waals surface area contributed by atoms with E-state index in [0.717, 1.165) is 25.7 Å². The maximum atomic E-state index is 13.5. The molecule has 4 rings (SSSR count). The molecule has 0 unspecified atom stereocenters. The maximum absolute atomic E-state index is 13.5. The summed E-state index contributed by atoms with van der Waals surface area (Å²) in [6, 6.07) is 0.225. The number of fused-ring (bicyclic) bond motifs is 1. The first-order valence-corrected chi connectivity index (χ1v) is 12.0. The fourth-order valence-electron chi connectivity index (χ4n) is 6.44. The lowest BCUT2D eigenvalue weighted by Crippen LogP contribution is -2.73. The van der Waals surface area contributed by atoms with Gasteiger partial charge in [-0.05, 0) is 58.8 Å². The summed E-state index contributed by atoms with van der Waals surface area (Å²) in [7, 11) is 0. The van der Waals surface area contributed by atoms with Crippen molar-refractivity contribution >= 4 is 53.7 Å². The highest BCUT2D eigenvalue weighted by molar-refractivity contribution is 9.24. The summed E-state index contributed by atoms with van der Waals surface area (Å²) in [5, 5.41) is 7.15. The third-order valence-electron chi connectivity index (χ3n) is 7.42. The molecule has 1 amide bonds. The van der Waals surface area contributed by atoms with Gasteiger partial charge < -0.3 is 10.6 Å². The fraction of sp³-hybridized carbons (Fsp3) is 0.947. The Labute approximate surface area is 177 Å². The Morgan fingerprint density at radius 3 is 1.96 bits per heavy atom. The van der Waals surface area contributed by atoms with E-state index in [-0.39, 0.29) is 47.8 Å². The molecule has 0 aromatic carbocycles. The predicted octanol–water partition coefficient (Wildman–Crippen LogP) is 5.10. The summed E-state index contributed by atoms with van der Waals surface area (Å²) in [5.74, 6) is 0.242. The van der Waals surface area contributed by atoms with Gasteiger partial charge in [0.1, 0.15) is 0 Å². The van der Waals surface area contributed by atoms with Gasteiger partial charge in [-0.2, -0.15) is 0 Å². The Bertz CT molecular complexity index is 573. The van der Waals surface area contributed by atoms with E-state index >= 15 is 0 Å². The van der Waals surface area contributed by atoms with E-state index in [1.807, 2.05) is 0 Å². The summed E-state index contributed by atoms with van der Waals surface area (Å²) in [4.78, 5) is 13.7. The van der Waals surface area contributed by atoms with Crippen LogP contribution in [0.1, 0.15) is 67.2 Å². The molecule has 2 N–H and O–H groups in total.